The predicted octanol–water partition coefficient (Wildman–Crippen LogP) is 3.51. The minimum absolute atomic E-state index is 0.867. The van der Waals surface area contributed by atoms with Crippen molar-refractivity contribution >= 4 is 11.8 Å². The summed E-state index contributed by atoms with van der Waals surface area (Å²) in [5, 5.41) is 3.41. The predicted molar refractivity (Wildman–Crippen MR) is 91.3 cm³/mol. The average molecular weight is 296 g/mol. The molecule has 1 aliphatic rings. The van der Waals surface area contributed by atoms with E-state index in [2.05, 4.69) is 50.5 Å². The van der Waals surface area contributed by atoms with Gasteiger partial charge in [-0.1, -0.05) is 43.2 Å². The molecule has 1 saturated heterocycles. The molecule has 1 aromatic carbocycles. The molecule has 22 heavy (non-hydrogen) atoms. The van der Waals surface area contributed by atoms with E-state index >= 15 is 0 Å². The smallest absolute Gasteiger partial charge is 0.227 e. The molecule has 0 saturated carbocycles. The maximum absolute atomic E-state index is 4.67. The summed E-state index contributed by atoms with van der Waals surface area (Å²) in [5.74, 6) is 1.79. The lowest BCUT2D eigenvalue weighted by Gasteiger charge is -2.20. The third-order valence-corrected chi connectivity index (χ3v) is 4.09. The highest BCUT2D eigenvalue weighted by atomic mass is 15.3. The molecule has 0 radical (unpaired) electrons. The summed E-state index contributed by atoms with van der Waals surface area (Å²) >= 11 is 0. The van der Waals surface area contributed by atoms with Crippen LogP contribution in [-0.2, 0) is 6.42 Å². The van der Waals surface area contributed by atoms with E-state index in [-0.39, 0.29) is 0 Å². The lowest BCUT2D eigenvalue weighted by atomic mass is 10.1. The molecule has 2 aromatic rings. The molecule has 1 aliphatic heterocycles. The van der Waals surface area contributed by atoms with Crippen molar-refractivity contribution in [3.8, 4) is 0 Å². The first kappa shape index (κ1) is 14.8. The molecule has 0 bridgehead atoms. The maximum atomic E-state index is 4.67. The summed E-state index contributed by atoms with van der Waals surface area (Å²) in [6.45, 7) is 3.04. The summed E-state index contributed by atoms with van der Waals surface area (Å²) in [7, 11) is 0. The van der Waals surface area contributed by atoms with Crippen molar-refractivity contribution in [2.45, 2.75) is 32.1 Å². The van der Waals surface area contributed by atoms with Crippen LogP contribution in [0.15, 0.2) is 42.6 Å². The molecular weight excluding hydrogens is 272 g/mol. The first-order valence-electron chi connectivity index (χ1n) is 8.27. The third-order valence-electron chi connectivity index (χ3n) is 4.09. The van der Waals surface area contributed by atoms with Gasteiger partial charge < -0.3 is 10.2 Å². The first-order valence-corrected chi connectivity index (χ1v) is 8.27. The van der Waals surface area contributed by atoms with Crippen molar-refractivity contribution in [2.75, 3.05) is 29.9 Å². The molecule has 0 amide bonds. The Bertz CT molecular complexity index is 562. The molecule has 3 rings (SSSR count). The van der Waals surface area contributed by atoms with Gasteiger partial charge in [-0.2, -0.15) is 4.98 Å². The van der Waals surface area contributed by atoms with Crippen LogP contribution in [0.3, 0.4) is 0 Å². The minimum Gasteiger partial charge on any atom is -0.370 e. The highest BCUT2D eigenvalue weighted by Crippen LogP contribution is 2.16. The van der Waals surface area contributed by atoms with Crippen molar-refractivity contribution in [3.63, 3.8) is 0 Å². The summed E-state index contributed by atoms with van der Waals surface area (Å²) in [6.07, 6.45) is 8.00. The van der Waals surface area contributed by atoms with Gasteiger partial charge in [0.1, 0.15) is 5.82 Å². The molecule has 0 spiro atoms. The van der Waals surface area contributed by atoms with E-state index in [1.165, 1.54) is 31.2 Å². The van der Waals surface area contributed by atoms with Gasteiger partial charge in [0.05, 0.1) is 0 Å². The lowest BCUT2D eigenvalue weighted by molar-refractivity contribution is 0.726. The van der Waals surface area contributed by atoms with Gasteiger partial charge in [-0.05, 0) is 30.9 Å². The Morgan fingerprint density at radius 2 is 1.73 bits per heavy atom. The second-order valence-electron chi connectivity index (χ2n) is 5.81. The van der Waals surface area contributed by atoms with Gasteiger partial charge in [0.25, 0.3) is 0 Å². The van der Waals surface area contributed by atoms with Crippen LogP contribution in [0.4, 0.5) is 11.8 Å². The summed E-state index contributed by atoms with van der Waals surface area (Å²) < 4.78 is 0. The van der Waals surface area contributed by atoms with Crippen LogP contribution in [-0.4, -0.2) is 29.6 Å². The monoisotopic (exact) mass is 296 g/mol. The second-order valence-corrected chi connectivity index (χ2v) is 5.81. The number of anilines is 2. The number of aromatic nitrogens is 2. The molecule has 0 unspecified atom stereocenters. The van der Waals surface area contributed by atoms with Crippen molar-refractivity contribution in [1.82, 2.24) is 9.97 Å². The number of rotatable bonds is 5. The highest BCUT2D eigenvalue weighted by molar-refractivity contribution is 5.41. The Morgan fingerprint density at radius 3 is 2.50 bits per heavy atom. The Morgan fingerprint density at radius 1 is 0.955 bits per heavy atom. The van der Waals surface area contributed by atoms with E-state index in [9.17, 15) is 0 Å². The third kappa shape index (κ3) is 4.20. The lowest BCUT2D eigenvalue weighted by Crippen LogP contribution is -2.26. The van der Waals surface area contributed by atoms with Crippen molar-refractivity contribution in [1.29, 1.82) is 0 Å². The van der Waals surface area contributed by atoms with Crippen molar-refractivity contribution < 1.29 is 0 Å². The molecule has 1 fully saturated rings. The maximum Gasteiger partial charge on any atom is 0.227 e. The molecular formula is C18H24N4. The van der Waals surface area contributed by atoms with Crippen molar-refractivity contribution in [3.05, 3.63) is 48.2 Å². The van der Waals surface area contributed by atoms with Gasteiger partial charge >= 0.3 is 0 Å². The molecule has 2 heterocycles. The summed E-state index contributed by atoms with van der Waals surface area (Å²) in [4.78, 5) is 11.4. The van der Waals surface area contributed by atoms with Gasteiger partial charge in [0.2, 0.25) is 5.95 Å². The minimum atomic E-state index is 0.867. The zero-order valence-corrected chi connectivity index (χ0v) is 13.0. The van der Waals surface area contributed by atoms with Gasteiger partial charge in [0, 0.05) is 25.8 Å². The second kappa shape index (κ2) is 7.78. The van der Waals surface area contributed by atoms with Crippen molar-refractivity contribution in [2.24, 2.45) is 0 Å². The number of nitrogens with one attached hydrogen (secondary N) is 1. The quantitative estimate of drug-likeness (QED) is 0.916. The standard InChI is InChI=1S/C18H24N4/c1-2-7-15-22(14-6-1)18-20-13-11-17(21-18)19-12-10-16-8-4-3-5-9-16/h3-5,8-9,11,13H,1-2,6-7,10,12,14-15H2,(H,19,20,21). The number of hydrogen-bond donors (Lipinski definition) is 1. The largest absolute Gasteiger partial charge is 0.370 e. The summed E-state index contributed by atoms with van der Waals surface area (Å²) in [5.41, 5.74) is 1.34. The van der Waals surface area contributed by atoms with Crippen LogP contribution in [0, 0.1) is 0 Å². The molecule has 4 nitrogen and oxygen atoms in total. The zero-order chi connectivity index (χ0) is 15.0. The zero-order valence-electron chi connectivity index (χ0n) is 13.0. The fourth-order valence-corrected chi connectivity index (χ4v) is 2.85. The van der Waals surface area contributed by atoms with Gasteiger partial charge in [-0.3, -0.25) is 0 Å². The van der Waals surface area contributed by atoms with E-state index in [1.807, 2.05) is 12.3 Å². The molecule has 1 N–H and O–H groups in total. The Kier molecular flexibility index (Phi) is 5.24. The Labute approximate surface area is 132 Å². The molecule has 0 aliphatic carbocycles. The van der Waals surface area contributed by atoms with Crippen LogP contribution in [0.25, 0.3) is 0 Å². The normalized spacial score (nSPS) is 15.4. The number of nitrogens with zero attached hydrogens (tertiary/aromatic N) is 3. The number of benzene rings is 1. The van der Waals surface area contributed by atoms with Crippen LogP contribution >= 0.6 is 0 Å². The van der Waals surface area contributed by atoms with E-state index < -0.39 is 0 Å². The molecule has 0 atom stereocenters. The van der Waals surface area contributed by atoms with Gasteiger partial charge in [0.15, 0.2) is 0 Å². The topological polar surface area (TPSA) is 41.1 Å². The molecule has 116 valence electrons. The fourth-order valence-electron chi connectivity index (χ4n) is 2.85. The highest BCUT2D eigenvalue weighted by Gasteiger charge is 2.12. The molecule has 4 heteroatoms. The summed E-state index contributed by atoms with van der Waals surface area (Å²) in [6, 6.07) is 12.5. The van der Waals surface area contributed by atoms with Gasteiger partial charge in [-0.25, -0.2) is 4.98 Å². The Balaban J connectivity index is 1.56. The van der Waals surface area contributed by atoms with Crippen LogP contribution in [0.2, 0.25) is 0 Å². The van der Waals surface area contributed by atoms with E-state index in [1.54, 1.807) is 0 Å². The first-order chi connectivity index (χ1) is 10.9. The number of hydrogen-bond acceptors (Lipinski definition) is 4. The molecule has 1 aromatic heterocycles. The van der Waals surface area contributed by atoms with Crippen LogP contribution in [0.5, 0.6) is 0 Å². The van der Waals surface area contributed by atoms with E-state index in [0.717, 1.165) is 37.8 Å². The SMILES string of the molecule is c1ccc(CCNc2ccnc(N3CCCCCC3)n2)cc1. The van der Waals surface area contributed by atoms with Gasteiger partial charge in [-0.15, -0.1) is 0 Å². The van der Waals surface area contributed by atoms with E-state index in [4.69, 9.17) is 0 Å². The van der Waals surface area contributed by atoms with Crippen LogP contribution < -0.4 is 10.2 Å². The van der Waals surface area contributed by atoms with E-state index in [0.29, 0.717) is 0 Å². The Hall–Kier alpha value is -2.10. The fraction of sp³-hybridized carbons (Fsp3) is 0.444. The average Bonchev–Trinajstić information content (AvgIpc) is 2.85. The van der Waals surface area contributed by atoms with Crippen LogP contribution in [0.1, 0.15) is 31.2 Å².